The fourth-order valence-electron chi connectivity index (χ4n) is 9.08. The highest BCUT2D eigenvalue weighted by molar-refractivity contribution is 7.02. The van der Waals surface area contributed by atoms with Gasteiger partial charge in [0.25, 0.3) is 0 Å². The smallest absolute Gasteiger partial charge is 0.307 e. The maximum absolute atomic E-state index is 9.41. The molecule has 12 rings (SSSR count). The Hall–Kier alpha value is -7.02. The Morgan fingerprint density at radius 2 is 1.27 bits per heavy atom. The third-order valence-electron chi connectivity index (χ3n) is 11.8. The molecule has 5 nitrogen and oxygen atoms in total. The summed E-state index contributed by atoms with van der Waals surface area (Å²) in [6.07, 6.45) is 1.71. The summed E-state index contributed by atoms with van der Waals surface area (Å²) in [5, 5.41) is -0.654. The minimum absolute atomic E-state index is 0.0598. The number of ether oxygens (including phenoxy) is 1. The summed E-state index contributed by atoms with van der Waals surface area (Å²) in [6.45, 7) is -15.6. The SMILES string of the molecule is [2H]C([2H])([2H])c1cc2c(cc1-c1c(C([2H])([2H])[2H])ccc3c1oc1nc4ccccc4n13)[Si](C([2H])([2H])[2H])(C([2H])([2H])[2H])c1ccc(C([2H])([2H])[2H])c(-c3ccc4c(c3)-c3ccccc3-c3ncccc3-c3ccccc3-4)c1O2. The zero-order chi connectivity index (χ0) is 52.2. The molecule has 0 unspecified atom stereocenters. The molecule has 0 N–H and O–H groups in total. The maximum Gasteiger partial charge on any atom is 0.307 e. The molecule has 0 fully saturated rings. The van der Waals surface area contributed by atoms with Crippen molar-refractivity contribution in [2.45, 2.75) is 33.5 Å². The Bertz CT molecular complexity index is 3990. The van der Waals surface area contributed by atoms with E-state index in [1.54, 1.807) is 47.0 Å². The van der Waals surface area contributed by atoms with Crippen LogP contribution in [0.1, 0.15) is 37.3 Å². The number of hydrogen-bond acceptors (Lipinski definition) is 4. The van der Waals surface area contributed by atoms with Crippen molar-refractivity contribution in [3.05, 3.63) is 162 Å². The van der Waals surface area contributed by atoms with E-state index in [-0.39, 0.29) is 60.9 Å². The normalized spacial score (nSPS) is 18.3. The van der Waals surface area contributed by atoms with Crippen LogP contribution in [0.2, 0.25) is 13.0 Å². The minimum Gasteiger partial charge on any atom is -0.457 e. The van der Waals surface area contributed by atoms with Gasteiger partial charge in [-0.2, -0.15) is 4.98 Å². The van der Waals surface area contributed by atoms with Gasteiger partial charge in [0.15, 0.2) is 5.58 Å². The molecule has 0 amide bonds. The maximum atomic E-state index is 9.41. The molecular weight excluding hydrogens is 739 g/mol. The van der Waals surface area contributed by atoms with Crippen molar-refractivity contribution in [2.75, 3.05) is 0 Å². The van der Waals surface area contributed by atoms with Crippen molar-refractivity contribution >= 4 is 46.4 Å². The lowest BCUT2D eigenvalue weighted by Gasteiger charge is -2.35. The Kier molecular flexibility index (Phi) is 4.61. The van der Waals surface area contributed by atoms with Crippen LogP contribution in [-0.2, 0) is 0 Å². The summed E-state index contributed by atoms with van der Waals surface area (Å²) < 4.78 is 151. The number of fused-ring (bicyclic) bond motifs is 15. The van der Waals surface area contributed by atoms with Gasteiger partial charge >= 0.3 is 5.84 Å². The lowest BCUT2D eigenvalue weighted by atomic mass is 9.81. The first-order chi connectivity index (χ1) is 34.9. The Labute approximate surface area is 364 Å². The van der Waals surface area contributed by atoms with Crippen LogP contribution in [0.25, 0.3) is 94.9 Å². The number of para-hydroxylation sites is 2. The highest BCUT2D eigenvalue weighted by atomic mass is 28.3. The summed E-state index contributed by atoms with van der Waals surface area (Å²) >= 11 is 0. The second-order valence-corrected chi connectivity index (χ2v) is 17.6. The summed E-state index contributed by atoms with van der Waals surface area (Å²) in [5.41, 5.74) is 6.20. The molecule has 0 radical (unpaired) electrons. The zero-order valence-electron chi connectivity index (χ0n) is 46.0. The van der Waals surface area contributed by atoms with Crippen molar-refractivity contribution in [3.8, 4) is 78.4 Å². The molecular formula is C53H39N3O2Si. The Morgan fingerprint density at radius 1 is 0.559 bits per heavy atom. The Balaban J connectivity index is 1.17. The largest absolute Gasteiger partial charge is 0.457 e. The van der Waals surface area contributed by atoms with Gasteiger partial charge in [0.05, 0.1) is 22.2 Å². The van der Waals surface area contributed by atoms with Crippen LogP contribution >= 0.6 is 0 Å². The molecule has 4 heterocycles. The molecule has 282 valence electrons. The molecule has 7 aromatic carbocycles. The zero-order valence-corrected chi connectivity index (χ0v) is 32.0. The van der Waals surface area contributed by atoms with E-state index >= 15 is 0 Å². The van der Waals surface area contributed by atoms with E-state index in [4.69, 9.17) is 26.5 Å². The number of benzene rings is 7. The molecule has 59 heavy (non-hydrogen) atoms. The van der Waals surface area contributed by atoms with Crippen LogP contribution in [0.15, 0.2) is 150 Å². The summed E-state index contributed by atoms with van der Waals surface area (Å²) in [7, 11) is -5.48. The van der Waals surface area contributed by atoms with Crippen LogP contribution in [-0.4, -0.2) is 22.4 Å². The fraction of sp³-hybridized carbons (Fsp3) is 0.0943. The molecule has 0 bridgehead atoms. The number of rotatable bonds is 2. The predicted octanol–water partition coefficient (Wildman–Crippen LogP) is 12.8. The molecule has 10 aromatic rings. The van der Waals surface area contributed by atoms with Crippen LogP contribution in [0.5, 0.6) is 11.5 Å². The number of aryl methyl sites for hydroxylation is 3. The minimum atomic E-state index is -5.48. The summed E-state index contributed by atoms with van der Waals surface area (Å²) in [5.74, 6) is -0.735. The van der Waals surface area contributed by atoms with Gasteiger partial charge < -0.3 is 9.15 Å². The van der Waals surface area contributed by atoms with Crippen molar-refractivity contribution < 1.29 is 29.7 Å². The molecule has 0 spiro atoms. The quantitative estimate of drug-likeness (QED) is 0.164. The van der Waals surface area contributed by atoms with E-state index in [9.17, 15) is 8.22 Å². The van der Waals surface area contributed by atoms with Gasteiger partial charge in [0.1, 0.15) is 19.6 Å². The number of nitrogens with zero attached hydrogens (tertiary/aromatic N) is 3. The second kappa shape index (κ2) is 12.2. The number of aromatic nitrogens is 3. The number of oxazole rings is 1. The third kappa shape index (κ3) is 4.78. The summed E-state index contributed by atoms with van der Waals surface area (Å²) in [6, 6.07) is 39.2. The van der Waals surface area contributed by atoms with Crippen LogP contribution in [0.4, 0.5) is 0 Å². The topological polar surface area (TPSA) is 52.6 Å². The van der Waals surface area contributed by atoms with E-state index < -0.39 is 52.9 Å². The lowest BCUT2D eigenvalue weighted by molar-refractivity contribution is 0.488. The highest BCUT2D eigenvalue weighted by Crippen LogP contribution is 2.49. The van der Waals surface area contributed by atoms with Gasteiger partial charge in [-0.05, 0) is 123 Å². The van der Waals surface area contributed by atoms with Crippen molar-refractivity contribution in [2.24, 2.45) is 0 Å². The van der Waals surface area contributed by atoms with Crippen molar-refractivity contribution in [1.82, 2.24) is 14.4 Å². The first kappa shape index (κ1) is 22.2. The molecule has 6 heteroatoms. The first-order valence-corrected chi connectivity index (χ1v) is 21.1. The number of hydrogen-bond donors (Lipinski definition) is 0. The monoisotopic (exact) mass is 792 g/mol. The summed E-state index contributed by atoms with van der Waals surface area (Å²) in [4.78, 5) is 9.42. The van der Waals surface area contributed by atoms with Gasteiger partial charge in [-0.15, -0.1) is 0 Å². The molecule has 0 saturated carbocycles. The van der Waals surface area contributed by atoms with E-state index in [0.717, 1.165) is 45.5 Å². The average Bonchev–Trinajstić information content (AvgIpc) is 3.90. The van der Waals surface area contributed by atoms with E-state index in [1.807, 2.05) is 66.7 Å². The van der Waals surface area contributed by atoms with Gasteiger partial charge in [-0.1, -0.05) is 116 Å². The van der Waals surface area contributed by atoms with Crippen LogP contribution < -0.4 is 15.1 Å². The predicted molar refractivity (Wildman–Crippen MR) is 244 cm³/mol. The van der Waals surface area contributed by atoms with E-state index in [1.165, 1.54) is 24.3 Å². The molecule has 0 atom stereocenters. The van der Waals surface area contributed by atoms with Gasteiger partial charge in [0.2, 0.25) is 0 Å². The van der Waals surface area contributed by atoms with E-state index in [2.05, 4.69) is 4.98 Å². The average molecular weight is 793 g/mol. The van der Waals surface area contributed by atoms with Gasteiger partial charge in [-0.3, -0.25) is 9.38 Å². The molecule has 0 saturated heterocycles. The molecule has 1 aliphatic heterocycles. The Morgan fingerprint density at radius 3 is 2.10 bits per heavy atom. The van der Waals surface area contributed by atoms with E-state index in [0.29, 0.717) is 27.8 Å². The van der Waals surface area contributed by atoms with Gasteiger partial charge in [-0.25, -0.2) is 0 Å². The third-order valence-corrected chi connectivity index (χ3v) is 14.2. The van der Waals surface area contributed by atoms with Crippen molar-refractivity contribution in [3.63, 3.8) is 0 Å². The second-order valence-electron chi connectivity index (χ2n) is 15.0. The van der Waals surface area contributed by atoms with Crippen molar-refractivity contribution in [1.29, 1.82) is 0 Å². The highest BCUT2D eigenvalue weighted by Gasteiger charge is 2.39. The fourth-order valence-corrected chi connectivity index (χ4v) is 11.1. The van der Waals surface area contributed by atoms with Crippen LogP contribution in [0, 0.1) is 20.6 Å². The molecule has 1 aliphatic carbocycles. The van der Waals surface area contributed by atoms with Gasteiger partial charge in [0, 0.05) is 49.0 Å². The molecule has 2 aliphatic rings. The molecule has 3 aromatic heterocycles. The first-order valence-electron chi connectivity index (χ1n) is 26.6. The standard InChI is InChI=1S/C53H39N3O2Si/c1-30-21-25-46-52(48(30)33-22-23-37-34-13-6-7-14-35(34)39-17-12-26-54-50(39)38-16-9-8-15-36(38)41(37)28-33)57-45-27-32(3)40(29-47(45)59(46,4)5)49-31(2)20-24-44-51(49)58-53-55-42-18-10-11-19-43(42)56(44)53/h6-29H,1-5H3/i1D3,2D3,3D3,4D3,5D3. The lowest BCUT2D eigenvalue weighted by Crippen LogP contribution is -2.56. The van der Waals surface area contributed by atoms with Crippen LogP contribution in [0.3, 0.4) is 0 Å². The number of pyridine rings is 1. The number of imidazole rings is 1.